The first-order valence-corrected chi connectivity index (χ1v) is 4.96. The van der Waals surface area contributed by atoms with E-state index in [1.165, 1.54) is 0 Å². The van der Waals surface area contributed by atoms with Crippen LogP contribution >= 0.6 is 0 Å². The standard InChI is InChI=1S/C10H19NO2/c1-7-5-11(6-8(7)2)9(3)4-10(12)13/h7-9H,4-6H2,1-3H3,(H,12,13). The predicted octanol–water partition coefficient (Wildman–Crippen LogP) is 1.44. The maximum Gasteiger partial charge on any atom is 0.304 e. The largest absolute Gasteiger partial charge is 0.481 e. The van der Waals surface area contributed by atoms with E-state index < -0.39 is 5.97 Å². The van der Waals surface area contributed by atoms with E-state index in [-0.39, 0.29) is 12.5 Å². The summed E-state index contributed by atoms with van der Waals surface area (Å²) in [5, 5.41) is 8.65. The third-order valence-corrected chi connectivity index (χ3v) is 3.11. The fraction of sp³-hybridized carbons (Fsp3) is 0.900. The molecular weight excluding hydrogens is 166 g/mol. The molecule has 13 heavy (non-hydrogen) atoms. The minimum atomic E-state index is -0.695. The molecule has 3 heteroatoms. The van der Waals surface area contributed by atoms with Crippen molar-refractivity contribution in [2.45, 2.75) is 33.2 Å². The molecule has 0 aromatic carbocycles. The predicted molar refractivity (Wildman–Crippen MR) is 51.6 cm³/mol. The van der Waals surface area contributed by atoms with E-state index in [0.717, 1.165) is 13.1 Å². The lowest BCUT2D eigenvalue weighted by Gasteiger charge is -2.22. The smallest absolute Gasteiger partial charge is 0.304 e. The molecule has 3 nitrogen and oxygen atoms in total. The van der Waals surface area contributed by atoms with Crippen LogP contribution < -0.4 is 0 Å². The molecule has 1 fully saturated rings. The maximum atomic E-state index is 10.5. The Bertz CT molecular complexity index is 183. The molecule has 0 aromatic rings. The van der Waals surface area contributed by atoms with Crippen molar-refractivity contribution in [2.24, 2.45) is 11.8 Å². The topological polar surface area (TPSA) is 40.5 Å². The Morgan fingerprint density at radius 1 is 1.46 bits per heavy atom. The molecule has 0 aliphatic carbocycles. The van der Waals surface area contributed by atoms with Gasteiger partial charge in [-0.05, 0) is 18.8 Å². The molecule has 0 saturated carbocycles. The molecule has 1 saturated heterocycles. The Labute approximate surface area is 79.7 Å². The van der Waals surface area contributed by atoms with Crippen molar-refractivity contribution >= 4 is 5.97 Å². The molecule has 1 rings (SSSR count). The zero-order valence-electron chi connectivity index (χ0n) is 8.66. The Hall–Kier alpha value is -0.570. The van der Waals surface area contributed by atoms with Gasteiger partial charge in [0.1, 0.15) is 0 Å². The van der Waals surface area contributed by atoms with Crippen LogP contribution in [-0.4, -0.2) is 35.1 Å². The van der Waals surface area contributed by atoms with Gasteiger partial charge in [-0.15, -0.1) is 0 Å². The number of likely N-dealkylation sites (tertiary alicyclic amines) is 1. The third-order valence-electron chi connectivity index (χ3n) is 3.11. The lowest BCUT2D eigenvalue weighted by Crippen LogP contribution is -2.32. The van der Waals surface area contributed by atoms with Crippen LogP contribution in [0.1, 0.15) is 27.2 Å². The molecule has 0 aromatic heterocycles. The Morgan fingerprint density at radius 2 is 1.92 bits per heavy atom. The van der Waals surface area contributed by atoms with E-state index in [1.54, 1.807) is 0 Å². The number of hydrogen-bond donors (Lipinski definition) is 1. The summed E-state index contributed by atoms with van der Waals surface area (Å²) >= 11 is 0. The monoisotopic (exact) mass is 185 g/mol. The molecule has 0 amide bonds. The molecule has 1 aliphatic rings. The molecule has 0 radical (unpaired) electrons. The molecule has 3 unspecified atom stereocenters. The molecular formula is C10H19NO2. The van der Waals surface area contributed by atoms with E-state index in [9.17, 15) is 4.79 Å². The van der Waals surface area contributed by atoms with Gasteiger partial charge in [0.05, 0.1) is 6.42 Å². The van der Waals surface area contributed by atoms with Crippen molar-refractivity contribution in [1.29, 1.82) is 0 Å². The summed E-state index contributed by atoms with van der Waals surface area (Å²) in [6.45, 7) is 8.57. The average molecular weight is 185 g/mol. The van der Waals surface area contributed by atoms with Gasteiger partial charge in [0, 0.05) is 19.1 Å². The van der Waals surface area contributed by atoms with E-state index >= 15 is 0 Å². The van der Waals surface area contributed by atoms with Crippen LogP contribution in [-0.2, 0) is 4.79 Å². The van der Waals surface area contributed by atoms with Crippen LogP contribution in [0.25, 0.3) is 0 Å². The molecule has 1 aliphatic heterocycles. The first-order valence-electron chi connectivity index (χ1n) is 4.96. The fourth-order valence-corrected chi connectivity index (χ4v) is 1.92. The number of carboxylic acid groups (broad SMARTS) is 1. The van der Waals surface area contributed by atoms with Crippen LogP contribution in [0.4, 0.5) is 0 Å². The Kier molecular flexibility index (Phi) is 3.31. The van der Waals surface area contributed by atoms with Gasteiger partial charge >= 0.3 is 5.97 Å². The number of aliphatic carboxylic acids is 1. The highest BCUT2D eigenvalue weighted by molar-refractivity contribution is 5.67. The van der Waals surface area contributed by atoms with Crippen LogP contribution in [0.2, 0.25) is 0 Å². The molecule has 1 heterocycles. The second kappa shape index (κ2) is 4.09. The van der Waals surface area contributed by atoms with E-state index in [1.807, 2.05) is 6.92 Å². The molecule has 0 bridgehead atoms. The number of hydrogen-bond acceptors (Lipinski definition) is 2. The summed E-state index contributed by atoms with van der Waals surface area (Å²) in [5.74, 6) is 0.715. The van der Waals surface area contributed by atoms with Gasteiger partial charge in [-0.3, -0.25) is 9.69 Å². The highest BCUT2D eigenvalue weighted by atomic mass is 16.4. The summed E-state index contributed by atoms with van der Waals surface area (Å²) in [5.41, 5.74) is 0. The fourth-order valence-electron chi connectivity index (χ4n) is 1.92. The van der Waals surface area contributed by atoms with Crippen molar-refractivity contribution in [3.05, 3.63) is 0 Å². The number of rotatable bonds is 3. The third kappa shape index (κ3) is 2.69. The lowest BCUT2D eigenvalue weighted by atomic mass is 10.0. The summed E-state index contributed by atoms with van der Waals surface area (Å²) < 4.78 is 0. The highest BCUT2D eigenvalue weighted by Gasteiger charge is 2.29. The first kappa shape index (κ1) is 10.5. The second-order valence-electron chi connectivity index (χ2n) is 4.36. The summed E-state index contributed by atoms with van der Waals surface area (Å²) in [7, 11) is 0. The van der Waals surface area contributed by atoms with Crippen molar-refractivity contribution in [2.75, 3.05) is 13.1 Å². The molecule has 76 valence electrons. The van der Waals surface area contributed by atoms with Crippen LogP contribution in [0.15, 0.2) is 0 Å². The van der Waals surface area contributed by atoms with Gasteiger partial charge in [-0.25, -0.2) is 0 Å². The molecule has 0 spiro atoms. The minimum absolute atomic E-state index is 0.185. The van der Waals surface area contributed by atoms with Gasteiger partial charge < -0.3 is 5.11 Å². The van der Waals surface area contributed by atoms with Gasteiger partial charge in [0.25, 0.3) is 0 Å². The Balaban J connectivity index is 2.41. The SMILES string of the molecule is CC1CN(C(C)CC(=O)O)CC1C. The minimum Gasteiger partial charge on any atom is -0.481 e. The van der Waals surface area contributed by atoms with E-state index in [4.69, 9.17) is 5.11 Å². The normalized spacial score (nSPS) is 31.9. The lowest BCUT2D eigenvalue weighted by molar-refractivity contribution is -0.138. The number of carbonyl (C=O) groups is 1. The molecule has 3 atom stereocenters. The highest BCUT2D eigenvalue weighted by Crippen LogP contribution is 2.24. The van der Waals surface area contributed by atoms with Gasteiger partial charge in [-0.1, -0.05) is 13.8 Å². The zero-order chi connectivity index (χ0) is 10.0. The van der Waals surface area contributed by atoms with Crippen molar-refractivity contribution in [1.82, 2.24) is 4.90 Å². The molecule has 1 N–H and O–H groups in total. The quantitative estimate of drug-likeness (QED) is 0.723. The summed E-state index contributed by atoms with van der Waals surface area (Å²) in [6.07, 6.45) is 0.263. The van der Waals surface area contributed by atoms with Crippen LogP contribution in [0, 0.1) is 11.8 Å². The van der Waals surface area contributed by atoms with E-state index in [0.29, 0.717) is 11.8 Å². The van der Waals surface area contributed by atoms with E-state index in [2.05, 4.69) is 18.7 Å². The van der Waals surface area contributed by atoms with Crippen molar-refractivity contribution in [3.8, 4) is 0 Å². The van der Waals surface area contributed by atoms with Crippen LogP contribution in [0.5, 0.6) is 0 Å². The van der Waals surface area contributed by atoms with Crippen molar-refractivity contribution < 1.29 is 9.90 Å². The summed E-state index contributed by atoms with van der Waals surface area (Å²) in [6, 6.07) is 0.185. The zero-order valence-corrected chi connectivity index (χ0v) is 8.66. The summed E-state index contributed by atoms with van der Waals surface area (Å²) in [4.78, 5) is 12.8. The maximum absolute atomic E-state index is 10.5. The van der Waals surface area contributed by atoms with Gasteiger partial charge in [0.2, 0.25) is 0 Å². The Morgan fingerprint density at radius 3 is 2.31 bits per heavy atom. The number of nitrogens with zero attached hydrogens (tertiary/aromatic N) is 1. The second-order valence-corrected chi connectivity index (χ2v) is 4.36. The van der Waals surface area contributed by atoms with Gasteiger partial charge in [0.15, 0.2) is 0 Å². The van der Waals surface area contributed by atoms with Crippen LogP contribution in [0.3, 0.4) is 0 Å². The number of carboxylic acids is 1. The van der Waals surface area contributed by atoms with Crippen molar-refractivity contribution in [3.63, 3.8) is 0 Å². The average Bonchev–Trinajstić information content (AvgIpc) is 2.31. The van der Waals surface area contributed by atoms with Gasteiger partial charge in [-0.2, -0.15) is 0 Å². The first-order chi connectivity index (χ1) is 6.00.